The lowest BCUT2D eigenvalue weighted by atomic mass is 9.98. The summed E-state index contributed by atoms with van der Waals surface area (Å²) < 4.78 is 34.4. The molecule has 14 nitrogen and oxygen atoms in total. The van der Waals surface area contributed by atoms with Gasteiger partial charge in [0.25, 0.3) is 0 Å². The first-order valence-electron chi connectivity index (χ1n) is 29.2. The summed E-state index contributed by atoms with van der Waals surface area (Å²) in [7, 11) is 0. The summed E-state index contributed by atoms with van der Waals surface area (Å²) in [4.78, 5) is 13.1. The fraction of sp³-hybridized carbons (Fsp3) is 0.847. The van der Waals surface area contributed by atoms with Crippen molar-refractivity contribution in [3.8, 4) is 0 Å². The molecule has 0 saturated carbocycles. The largest absolute Gasteiger partial charge is 0.457 e. The maximum Gasteiger partial charge on any atom is 0.306 e. The molecule has 2 heterocycles. The zero-order chi connectivity index (χ0) is 53.0. The molecule has 2 aliphatic rings. The van der Waals surface area contributed by atoms with Crippen molar-refractivity contribution in [2.24, 2.45) is 0 Å². The van der Waals surface area contributed by atoms with Gasteiger partial charge in [0.1, 0.15) is 54.9 Å². The van der Waals surface area contributed by atoms with Gasteiger partial charge in [0, 0.05) is 13.0 Å². The summed E-state index contributed by atoms with van der Waals surface area (Å²) in [5.41, 5.74) is 0. The van der Waals surface area contributed by atoms with Crippen LogP contribution in [0.25, 0.3) is 0 Å². The number of allylic oxidation sites excluding steroid dienone is 8. The normalized spacial score (nSPS) is 25.3. The molecule has 0 aromatic carbocycles. The van der Waals surface area contributed by atoms with Crippen molar-refractivity contribution in [3.63, 3.8) is 0 Å². The van der Waals surface area contributed by atoms with E-state index in [4.69, 9.17) is 28.4 Å². The number of hydrogen-bond donors (Lipinski definition) is 7. The van der Waals surface area contributed by atoms with Crippen LogP contribution < -0.4 is 0 Å². The SMILES string of the molecule is CCCCCCC/C=C\C/C=C\C/C=C\CCCCCCCCCOCC(COC1OC(COC2OC(CO)C(O)C(O)C2O)C(O)C(O)C1O)OC(=O)CCCCCCCCC/C=C\CCCCCCCC. The molecule has 0 spiro atoms. The monoisotopic (exact) mass is 1040 g/mol. The molecule has 0 aromatic rings. The highest BCUT2D eigenvalue weighted by Crippen LogP contribution is 2.27. The average Bonchev–Trinajstić information content (AvgIpc) is 3.39. The third kappa shape index (κ3) is 33.0. The summed E-state index contributed by atoms with van der Waals surface area (Å²) in [5, 5.41) is 72.3. The molecule has 0 aromatic heterocycles. The van der Waals surface area contributed by atoms with Gasteiger partial charge in [-0.1, -0.05) is 184 Å². The first-order valence-corrected chi connectivity index (χ1v) is 29.2. The van der Waals surface area contributed by atoms with E-state index in [-0.39, 0.29) is 25.6 Å². The van der Waals surface area contributed by atoms with Crippen molar-refractivity contribution in [1.29, 1.82) is 0 Å². The molecule has 0 radical (unpaired) electrons. The van der Waals surface area contributed by atoms with Crippen molar-refractivity contribution in [2.75, 3.05) is 33.0 Å². The Kier molecular flexibility index (Phi) is 42.3. The Balaban J connectivity index is 1.72. The second-order valence-corrected chi connectivity index (χ2v) is 20.5. The molecule has 426 valence electrons. The third-order valence-corrected chi connectivity index (χ3v) is 13.8. The van der Waals surface area contributed by atoms with E-state index in [0.717, 1.165) is 64.2 Å². The average molecular weight is 1040 g/mol. The molecular weight excluding hydrogens is 933 g/mol. The predicted octanol–water partition coefficient (Wildman–Crippen LogP) is 10.3. The molecular formula is C59H106O14. The van der Waals surface area contributed by atoms with Crippen molar-refractivity contribution < 1.29 is 69.0 Å². The van der Waals surface area contributed by atoms with Crippen LogP contribution >= 0.6 is 0 Å². The number of aliphatic hydroxyl groups excluding tert-OH is 7. The van der Waals surface area contributed by atoms with E-state index >= 15 is 0 Å². The summed E-state index contributed by atoms with van der Waals surface area (Å²) in [6.45, 7) is 3.66. The van der Waals surface area contributed by atoms with Crippen LogP contribution in [0.3, 0.4) is 0 Å². The summed E-state index contributed by atoms with van der Waals surface area (Å²) in [6, 6.07) is 0. The van der Waals surface area contributed by atoms with Gasteiger partial charge in [0.2, 0.25) is 0 Å². The number of rotatable bonds is 47. The van der Waals surface area contributed by atoms with E-state index in [1.807, 2.05) is 0 Å². The number of ether oxygens (including phenoxy) is 6. The topological polar surface area (TPSA) is 214 Å². The lowest BCUT2D eigenvalue weighted by Crippen LogP contribution is -2.61. The molecule has 2 aliphatic heterocycles. The zero-order valence-electron chi connectivity index (χ0n) is 45.6. The number of hydrogen-bond acceptors (Lipinski definition) is 14. The van der Waals surface area contributed by atoms with Crippen LogP contribution in [0.15, 0.2) is 48.6 Å². The number of carbonyl (C=O) groups is 1. The Morgan fingerprint density at radius 3 is 1.34 bits per heavy atom. The van der Waals surface area contributed by atoms with Crippen LogP contribution in [-0.2, 0) is 33.2 Å². The van der Waals surface area contributed by atoms with Gasteiger partial charge in [-0.05, 0) is 77.0 Å². The highest BCUT2D eigenvalue weighted by atomic mass is 16.7. The maximum atomic E-state index is 13.1. The minimum atomic E-state index is -1.71. The standard InChI is InChI=1S/C59H106O14/c1-3-5-7-9-11-13-15-17-19-21-22-23-24-25-27-29-31-33-35-37-39-41-43-68-45-48(71-51(61)42-40-38-36-34-32-30-28-26-20-18-16-14-12-10-8-6-4-2)46-69-58-57(67)55(65)53(63)50(73-58)47-70-59-56(66)54(64)52(62)49(44-60)72-59/h15,17-18,20-22,24-25,48-50,52-60,62-67H,3-14,16,19,23,26-47H2,1-2H3/b17-15-,20-18-,22-21-,25-24-. The predicted molar refractivity (Wildman–Crippen MR) is 289 cm³/mol. The van der Waals surface area contributed by atoms with Crippen molar-refractivity contribution >= 4 is 5.97 Å². The second kappa shape index (κ2) is 46.1. The number of carbonyl (C=O) groups excluding carboxylic acids is 1. The fourth-order valence-corrected chi connectivity index (χ4v) is 9.05. The highest BCUT2D eigenvalue weighted by Gasteiger charge is 2.47. The molecule has 0 aliphatic carbocycles. The van der Waals surface area contributed by atoms with Crippen molar-refractivity contribution in [3.05, 3.63) is 48.6 Å². The van der Waals surface area contributed by atoms with Crippen LogP contribution in [0.4, 0.5) is 0 Å². The maximum absolute atomic E-state index is 13.1. The molecule has 2 saturated heterocycles. The molecule has 14 heteroatoms. The van der Waals surface area contributed by atoms with Gasteiger partial charge in [-0.2, -0.15) is 0 Å². The Labute approximate surface area is 442 Å². The Bertz CT molecular complexity index is 1390. The molecule has 11 atom stereocenters. The Hall–Kier alpha value is -2.05. The minimum absolute atomic E-state index is 0.0528. The Morgan fingerprint density at radius 1 is 0.452 bits per heavy atom. The number of aliphatic hydroxyl groups is 7. The first kappa shape index (κ1) is 67.1. The van der Waals surface area contributed by atoms with E-state index in [1.165, 1.54) is 128 Å². The van der Waals surface area contributed by atoms with E-state index in [1.54, 1.807) is 0 Å². The van der Waals surface area contributed by atoms with Gasteiger partial charge < -0.3 is 64.2 Å². The van der Waals surface area contributed by atoms with Gasteiger partial charge >= 0.3 is 5.97 Å². The van der Waals surface area contributed by atoms with E-state index < -0.39 is 80.7 Å². The van der Waals surface area contributed by atoms with Crippen LogP contribution in [0.2, 0.25) is 0 Å². The molecule has 73 heavy (non-hydrogen) atoms. The van der Waals surface area contributed by atoms with Crippen molar-refractivity contribution in [2.45, 2.75) is 287 Å². The van der Waals surface area contributed by atoms with Crippen LogP contribution in [0.1, 0.15) is 219 Å². The number of unbranched alkanes of at least 4 members (excludes halogenated alkanes) is 25. The molecule has 2 fully saturated rings. The molecule has 11 unspecified atom stereocenters. The van der Waals surface area contributed by atoms with E-state index in [9.17, 15) is 40.5 Å². The first-order chi connectivity index (χ1) is 35.6. The van der Waals surface area contributed by atoms with Crippen LogP contribution in [0, 0.1) is 0 Å². The molecule has 0 bridgehead atoms. The quantitative estimate of drug-likeness (QED) is 0.0172. The number of esters is 1. The van der Waals surface area contributed by atoms with Gasteiger partial charge in [-0.15, -0.1) is 0 Å². The summed E-state index contributed by atoms with van der Waals surface area (Å²) >= 11 is 0. The lowest BCUT2D eigenvalue weighted by molar-refractivity contribution is -0.332. The molecule has 2 rings (SSSR count). The molecule has 0 amide bonds. The zero-order valence-corrected chi connectivity index (χ0v) is 45.6. The second-order valence-electron chi connectivity index (χ2n) is 20.5. The van der Waals surface area contributed by atoms with Gasteiger partial charge in [-0.3, -0.25) is 4.79 Å². The van der Waals surface area contributed by atoms with E-state index in [2.05, 4.69) is 62.5 Å². The minimum Gasteiger partial charge on any atom is -0.457 e. The highest BCUT2D eigenvalue weighted by molar-refractivity contribution is 5.69. The smallest absolute Gasteiger partial charge is 0.306 e. The molecule has 7 N–H and O–H groups in total. The van der Waals surface area contributed by atoms with Gasteiger partial charge in [0.15, 0.2) is 12.6 Å². The lowest BCUT2D eigenvalue weighted by Gasteiger charge is -2.42. The third-order valence-electron chi connectivity index (χ3n) is 13.8. The summed E-state index contributed by atoms with van der Waals surface area (Å²) in [6.07, 6.45) is 38.8. The van der Waals surface area contributed by atoms with Crippen LogP contribution in [-0.4, -0.2) is 142 Å². The van der Waals surface area contributed by atoms with E-state index in [0.29, 0.717) is 13.0 Å². The van der Waals surface area contributed by atoms with Crippen molar-refractivity contribution in [1.82, 2.24) is 0 Å². The van der Waals surface area contributed by atoms with Crippen LogP contribution in [0.5, 0.6) is 0 Å². The summed E-state index contributed by atoms with van der Waals surface area (Å²) in [5.74, 6) is -0.384. The van der Waals surface area contributed by atoms with Gasteiger partial charge in [0.05, 0.1) is 26.4 Å². The Morgan fingerprint density at radius 2 is 0.849 bits per heavy atom. The fourth-order valence-electron chi connectivity index (χ4n) is 9.05. The van der Waals surface area contributed by atoms with Gasteiger partial charge in [-0.25, -0.2) is 0 Å².